The Hall–Kier alpha value is -1.57. The summed E-state index contributed by atoms with van der Waals surface area (Å²) in [6.07, 6.45) is 3.37. The van der Waals surface area contributed by atoms with Gasteiger partial charge in [0.05, 0.1) is 5.69 Å². The zero-order valence-electron chi connectivity index (χ0n) is 9.03. The lowest BCUT2D eigenvalue weighted by atomic mass is 10.1. The quantitative estimate of drug-likeness (QED) is 0.826. The largest absolute Gasteiger partial charge is 0.384 e. The first-order valence-corrected chi connectivity index (χ1v) is 5.45. The van der Waals surface area contributed by atoms with E-state index >= 15 is 0 Å². The van der Waals surface area contributed by atoms with Crippen molar-refractivity contribution in [2.45, 2.75) is 26.2 Å². The van der Waals surface area contributed by atoms with E-state index in [4.69, 9.17) is 5.73 Å². The first kappa shape index (κ1) is 9.97. The highest BCUT2D eigenvalue weighted by Gasteiger charge is 2.03. The van der Waals surface area contributed by atoms with Gasteiger partial charge in [-0.25, -0.2) is 4.98 Å². The van der Waals surface area contributed by atoms with Crippen molar-refractivity contribution in [3.05, 3.63) is 36.0 Å². The Morgan fingerprint density at radius 2 is 2.07 bits per heavy atom. The molecule has 0 radical (unpaired) electrons. The Bertz CT molecular complexity index is 463. The topological polar surface area (TPSA) is 38.9 Å². The Kier molecular flexibility index (Phi) is 2.86. The molecule has 1 aromatic carbocycles. The highest BCUT2D eigenvalue weighted by Crippen LogP contribution is 2.20. The van der Waals surface area contributed by atoms with Crippen molar-refractivity contribution < 1.29 is 0 Å². The van der Waals surface area contributed by atoms with Crippen LogP contribution in [0.4, 0.5) is 5.82 Å². The number of pyridine rings is 1. The highest BCUT2D eigenvalue weighted by molar-refractivity contribution is 5.86. The highest BCUT2D eigenvalue weighted by atomic mass is 14.8. The Morgan fingerprint density at radius 1 is 1.27 bits per heavy atom. The van der Waals surface area contributed by atoms with Crippen molar-refractivity contribution >= 4 is 16.6 Å². The van der Waals surface area contributed by atoms with Crippen LogP contribution in [0, 0.1) is 0 Å². The van der Waals surface area contributed by atoms with Crippen molar-refractivity contribution in [3.8, 4) is 0 Å². The minimum Gasteiger partial charge on any atom is -0.384 e. The smallest absolute Gasteiger partial charge is 0.124 e. The van der Waals surface area contributed by atoms with Crippen LogP contribution in [0.2, 0.25) is 0 Å². The fourth-order valence-corrected chi connectivity index (χ4v) is 1.83. The number of fused-ring (bicyclic) bond motifs is 1. The van der Waals surface area contributed by atoms with Crippen molar-refractivity contribution in [2.24, 2.45) is 0 Å². The number of aromatic nitrogens is 1. The molecule has 0 atom stereocenters. The fourth-order valence-electron chi connectivity index (χ4n) is 1.83. The molecule has 1 aromatic heterocycles. The summed E-state index contributed by atoms with van der Waals surface area (Å²) < 4.78 is 0. The minimum atomic E-state index is 0.625. The molecule has 1 heterocycles. The number of aryl methyl sites for hydroxylation is 1. The van der Waals surface area contributed by atoms with Crippen LogP contribution in [-0.2, 0) is 6.42 Å². The first-order valence-electron chi connectivity index (χ1n) is 5.45. The summed E-state index contributed by atoms with van der Waals surface area (Å²) >= 11 is 0. The molecule has 2 N–H and O–H groups in total. The summed E-state index contributed by atoms with van der Waals surface area (Å²) in [4.78, 5) is 4.42. The molecular formula is C13H16N2. The van der Waals surface area contributed by atoms with Gasteiger partial charge in [0.1, 0.15) is 5.82 Å². The molecule has 2 heteroatoms. The van der Waals surface area contributed by atoms with Gasteiger partial charge in [-0.15, -0.1) is 0 Å². The van der Waals surface area contributed by atoms with Gasteiger partial charge in [-0.05, 0) is 24.3 Å². The van der Waals surface area contributed by atoms with Crippen LogP contribution in [0.5, 0.6) is 0 Å². The van der Waals surface area contributed by atoms with E-state index in [1.165, 1.54) is 23.6 Å². The Labute approximate surface area is 90.1 Å². The van der Waals surface area contributed by atoms with E-state index in [0.717, 1.165) is 12.1 Å². The number of anilines is 1. The van der Waals surface area contributed by atoms with Crippen LogP contribution >= 0.6 is 0 Å². The molecule has 0 saturated carbocycles. The molecule has 2 rings (SSSR count). The lowest BCUT2D eigenvalue weighted by Gasteiger charge is -2.06. The van der Waals surface area contributed by atoms with E-state index in [9.17, 15) is 0 Å². The monoisotopic (exact) mass is 200 g/mol. The van der Waals surface area contributed by atoms with Gasteiger partial charge in [-0.2, -0.15) is 0 Å². The van der Waals surface area contributed by atoms with Gasteiger partial charge >= 0.3 is 0 Å². The summed E-state index contributed by atoms with van der Waals surface area (Å²) in [5.74, 6) is 0.625. The third-order valence-corrected chi connectivity index (χ3v) is 2.61. The summed E-state index contributed by atoms with van der Waals surface area (Å²) in [5, 5.41) is 2.43. The van der Waals surface area contributed by atoms with Crippen LogP contribution in [0.1, 0.15) is 25.5 Å². The lowest BCUT2D eigenvalue weighted by Crippen LogP contribution is -1.97. The average Bonchev–Trinajstić information content (AvgIpc) is 2.25. The molecule has 0 amide bonds. The molecular weight excluding hydrogens is 184 g/mol. The van der Waals surface area contributed by atoms with Crippen molar-refractivity contribution in [1.82, 2.24) is 4.98 Å². The number of nitrogens with two attached hydrogens (primary N) is 1. The maximum Gasteiger partial charge on any atom is 0.124 e. The normalized spacial score (nSPS) is 10.7. The standard InChI is InChI=1S/C13H16N2/c1-2-3-8-12-11-7-5-4-6-10(11)9-13(14)15-12/h4-7,9H,2-3,8H2,1H3,(H2,14,15). The van der Waals surface area contributed by atoms with Crippen LogP contribution in [0.15, 0.2) is 30.3 Å². The zero-order valence-corrected chi connectivity index (χ0v) is 9.03. The number of nitrogens with zero attached hydrogens (tertiary/aromatic N) is 1. The maximum absolute atomic E-state index is 5.79. The number of benzene rings is 1. The second-order valence-corrected chi connectivity index (χ2v) is 3.82. The molecule has 2 aromatic rings. The average molecular weight is 200 g/mol. The predicted molar refractivity (Wildman–Crippen MR) is 64.8 cm³/mol. The molecule has 78 valence electrons. The van der Waals surface area contributed by atoms with Gasteiger partial charge in [0, 0.05) is 5.39 Å². The van der Waals surface area contributed by atoms with Crippen LogP contribution < -0.4 is 5.73 Å². The van der Waals surface area contributed by atoms with Gasteiger partial charge < -0.3 is 5.73 Å². The van der Waals surface area contributed by atoms with Gasteiger partial charge in [0.25, 0.3) is 0 Å². The van der Waals surface area contributed by atoms with E-state index in [1.807, 2.05) is 12.1 Å². The van der Waals surface area contributed by atoms with E-state index < -0.39 is 0 Å². The number of hydrogen-bond donors (Lipinski definition) is 1. The SMILES string of the molecule is CCCCc1nc(N)cc2ccccc12. The number of nitrogen functional groups attached to an aromatic ring is 1. The Morgan fingerprint density at radius 3 is 2.87 bits per heavy atom. The fraction of sp³-hybridized carbons (Fsp3) is 0.308. The second kappa shape index (κ2) is 4.30. The second-order valence-electron chi connectivity index (χ2n) is 3.82. The van der Waals surface area contributed by atoms with E-state index in [-0.39, 0.29) is 0 Å². The molecule has 0 unspecified atom stereocenters. The molecule has 2 nitrogen and oxygen atoms in total. The van der Waals surface area contributed by atoms with Gasteiger partial charge in [-0.3, -0.25) is 0 Å². The molecule has 0 aliphatic heterocycles. The molecule has 0 aliphatic carbocycles. The summed E-state index contributed by atoms with van der Waals surface area (Å²) in [5.41, 5.74) is 6.92. The number of rotatable bonds is 3. The van der Waals surface area contributed by atoms with Crippen molar-refractivity contribution in [2.75, 3.05) is 5.73 Å². The molecule has 0 saturated heterocycles. The van der Waals surface area contributed by atoms with Crippen LogP contribution in [0.3, 0.4) is 0 Å². The van der Waals surface area contributed by atoms with Crippen molar-refractivity contribution in [1.29, 1.82) is 0 Å². The van der Waals surface area contributed by atoms with E-state index in [0.29, 0.717) is 5.82 Å². The third kappa shape index (κ3) is 2.09. The predicted octanol–water partition coefficient (Wildman–Crippen LogP) is 3.16. The maximum atomic E-state index is 5.79. The zero-order chi connectivity index (χ0) is 10.7. The van der Waals surface area contributed by atoms with E-state index in [1.54, 1.807) is 0 Å². The molecule has 0 aliphatic rings. The molecule has 0 fully saturated rings. The summed E-state index contributed by atoms with van der Waals surface area (Å²) in [6.45, 7) is 2.19. The van der Waals surface area contributed by atoms with E-state index in [2.05, 4.69) is 30.1 Å². The van der Waals surface area contributed by atoms with Crippen LogP contribution in [0.25, 0.3) is 10.8 Å². The van der Waals surface area contributed by atoms with Gasteiger partial charge in [0.15, 0.2) is 0 Å². The third-order valence-electron chi connectivity index (χ3n) is 2.61. The number of unbranched alkanes of at least 4 members (excludes halogenated alkanes) is 1. The minimum absolute atomic E-state index is 0.625. The van der Waals surface area contributed by atoms with Crippen molar-refractivity contribution in [3.63, 3.8) is 0 Å². The first-order chi connectivity index (χ1) is 7.31. The summed E-state index contributed by atoms with van der Waals surface area (Å²) in [7, 11) is 0. The van der Waals surface area contributed by atoms with Gasteiger partial charge in [-0.1, -0.05) is 37.6 Å². The number of hydrogen-bond acceptors (Lipinski definition) is 2. The lowest BCUT2D eigenvalue weighted by molar-refractivity contribution is 0.783. The molecule has 0 bridgehead atoms. The van der Waals surface area contributed by atoms with Gasteiger partial charge in [0.2, 0.25) is 0 Å². The summed E-state index contributed by atoms with van der Waals surface area (Å²) in [6, 6.07) is 10.2. The Balaban J connectivity index is 2.50. The molecule has 15 heavy (non-hydrogen) atoms. The van der Waals surface area contributed by atoms with Crippen LogP contribution in [-0.4, -0.2) is 4.98 Å². The molecule has 0 spiro atoms.